The van der Waals surface area contributed by atoms with Gasteiger partial charge in [0.05, 0.1) is 11.0 Å². The Morgan fingerprint density at radius 2 is 1.31 bits per heavy atom. The lowest BCUT2D eigenvalue weighted by atomic mass is 9.81. The van der Waals surface area contributed by atoms with Crippen LogP contribution in [0.25, 0.3) is 49.7 Å². The summed E-state index contributed by atoms with van der Waals surface area (Å²) in [7, 11) is 0. The summed E-state index contributed by atoms with van der Waals surface area (Å²) in [4.78, 5) is 0. The SMILES string of the molecule is CC1(C)c2cc(Cl)ccc2-c2ccc3c4ccccc4n(-c4ccc(-c5ccccc5)cc4)c3c21. The fraction of sp³-hybridized carbons (Fsp3) is 0.0909. The number of rotatable bonds is 2. The van der Waals surface area contributed by atoms with Crippen molar-refractivity contribution < 1.29 is 0 Å². The Bertz CT molecular complexity index is 1760. The molecular formula is C33H24ClN. The van der Waals surface area contributed by atoms with E-state index in [0.717, 1.165) is 5.02 Å². The second-order valence-corrected chi connectivity index (χ2v) is 10.4. The summed E-state index contributed by atoms with van der Waals surface area (Å²) in [6, 6.07) is 39.2. The molecule has 7 rings (SSSR count). The van der Waals surface area contributed by atoms with Crippen LogP contribution in [-0.4, -0.2) is 4.57 Å². The maximum Gasteiger partial charge on any atom is 0.0588 e. The van der Waals surface area contributed by atoms with Crippen LogP contribution >= 0.6 is 11.6 Å². The number of benzene rings is 5. The third kappa shape index (κ3) is 2.89. The Labute approximate surface area is 210 Å². The van der Waals surface area contributed by atoms with Crippen LogP contribution in [0.5, 0.6) is 0 Å². The molecule has 5 aromatic carbocycles. The molecule has 1 aliphatic rings. The Morgan fingerprint density at radius 3 is 2.11 bits per heavy atom. The smallest absolute Gasteiger partial charge is 0.0588 e. The Kier molecular flexibility index (Phi) is 4.31. The summed E-state index contributed by atoms with van der Waals surface area (Å²) >= 11 is 6.46. The Hall–Kier alpha value is -3.81. The quantitative estimate of drug-likeness (QED) is 0.238. The predicted octanol–water partition coefficient (Wildman–Crippen LogP) is 9.41. The van der Waals surface area contributed by atoms with Crippen molar-refractivity contribution in [1.29, 1.82) is 0 Å². The molecule has 0 saturated carbocycles. The molecule has 0 unspecified atom stereocenters. The van der Waals surface area contributed by atoms with E-state index in [1.54, 1.807) is 0 Å². The van der Waals surface area contributed by atoms with Gasteiger partial charge in [-0.15, -0.1) is 0 Å². The van der Waals surface area contributed by atoms with Crippen LogP contribution in [0.1, 0.15) is 25.0 Å². The van der Waals surface area contributed by atoms with Gasteiger partial charge in [-0.1, -0.05) is 104 Å². The van der Waals surface area contributed by atoms with Crippen LogP contribution in [0.3, 0.4) is 0 Å². The van der Waals surface area contributed by atoms with E-state index >= 15 is 0 Å². The minimum Gasteiger partial charge on any atom is -0.309 e. The van der Waals surface area contributed by atoms with Crippen molar-refractivity contribution in [3.05, 3.63) is 125 Å². The molecule has 0 amide bonds. The van der Waals surface area contributed by atoms with E-state index < -0.39 is 0 Å². The molecule has 0 fully saturated rings. The highest BCUT2D eigenvalue weighted by Crippen LogP contribution is 2.53. The molecule has 1 aromatic heterocycles. The second kappa shape index (κ2) is 7.34. The highest BCUT2D eigenvalue weighted by molar-refractivity contribution is 6.30. The summed E-state index contributed by atoms with van der Waals surface area (Å²) < 4.78 is 2.45. The van der Waals surface area contributed by atoms with Gasteiger partial charge in [-0.2, -0.15) is 0 Å². The Balaban J connectivity index is 1.55. The highest BCUT2D eigenvalue weighted by Gasteiger charge is 2.38. The predicted molar refractivity (Wildman–Crippen MR) is 149 cm³/mol. The molecule has 1 heterocycles. The maximum atomic E-state index is 6.46. The van der Waals surface area contributed by atoms with Crippen LogP contribution in [0.2, 0.25) is 5.02 Å². The monoisotopic (exact) mass is 469 g/mol. The van der Waals surface area contributed by atoms with Gasteiger partial charge in [0, 0.05) is 26.9 Å². The van der Waals surface area contributed by atoms with Crippen molar-refractivity contribution in [3.63, 3.8) is 0 Å². The normalized spacial score (nSPS) is 13.8. The molecule has 1 nitrogen and oxygen atoms in total. The average molecular weight is 470 g/mol. The lowest BCUT2D eigenvalue weighted by Crippen LogP contribution is -2.16. The van der Waals surface area contributed by atoms with Crippen molar-refractivity contribution in [2.24, 2.45) is 0 Å². The topological polar surface area (TPSA) is 4.93 Å². The maximum absolute atomic E-state index is 6.46. The fourth-order valence-electron chi connectivity index (χ4n) is 6.02. The standard InChI is InChI=1S/C33H24ClN/c1-33(2)29-20-23(34)14-17-25(29)27-18-19-28-26-10-6-7-11-30(26)35(32(28)31(27)33)24-15-12-22(13-16-24)21-8-4-3-5-9-21/h3-20H,1-2H3. The minimum atomic E-state index is -0.162. The third-order valence-electron chi connectivity index (χ3n) is 7.64. The third-order valence-corrected chi connectivity index (χ3v) is 7.87. The average Bonchev–Trinajstić information content (AvgIpc) is 3.34. The molecule has 0 bridgehead atoms. The van der Waals surface area contributed by atoms with Gasteiger partial charge in [0.25, 0.3) is 0 Å². The number of para-hydroxylation sites is 1. The van der Waals surface area contributed by atoms with Crippen molar-refractivity contribution >= 4 is 33.4 Å². The van der Waals surface area contributed by atoms with E-state index in [1.165, 1.54) is 60.9 Å². The molecule has 0 aliphatic heterocycles. The number of fused-ring (bicyclic) bond motifs is 7. The van der Waals surface area contributed by atoms with E-state index in [0.29, 0.717) is 0 Å². The van der Waals surface area contributed by atoms with Gasteiger partial charge in [0.1, 0.15) is 0 Å². The molecule has 168 valence electrons. The lowest BCUT2D eigenvalue weighted by molar-refractivity contribution is 0.664. The van der Waals surface area contributed by atoms with Crippen LogP contribution < -0.4 is 0 Å². The number of aromatic nitrogens is 1. The van der Waals surface area contributed by atoms with Crippen LogP contribution in [-0.2, 0) is 5.41 Å². The van der Waals surface area contributed by atoms with Crippen molar-refractivity contribution in [3.8, 4) is 27.9 Å². The van der Waals surface area contributed by atoms with Crippen molar-refractivity contribution in [1.82, 2.24) is 4.57 Å². The van der Waals surface area contributed by atoms with Crippen LogP contribution in [0.15, 0.2) is 109 Å². The molecule has 0 radical (unpaired) electrons. The fourth-order valence-corrected chi connectivity index (χ4v) is 6.19. The first-order chi connectivity index (χ1) is 17.0. The first kappa shape index (κ1) is 20.6. The highest BCUT2D eigenvalue weighted by atomic mass is 35.5. The zero-order chi connectivity index (χ0) is 23.7. The van der Waals surface area contributed by atoms with E-state index in [4.69, 9.17) is 11.6 Å². The summed E-state index contributed by atoms with van der Waals surface area (Å²) in [6.07, 6.45) is 0. The molecule has 0 N–H and O–H groups in total. The molecule has 0 atom stereocenters. The summed E-state index contributed by atoms with van der Waals surface area (Å²) in [5.74, 6) is 0. The Morgan fingerprint density at radius 1 is 0.629 bits per heavy atom. The number of hydrogen-bond donors (Lipinski definition) is 0. The van der Waals surface area contributed by atoms with Crippen molar-refractivity contribution in [2.45, 2.75) is 19.3 Å². The molecule has 35 heavy (non-hydrogen) atoms. The van der Waals surface area contributed by atoms with Gasteiger partial charge in [-0.05, 0) is 63.7 Å². The number of nitrogens with zero attached hydrogens (tertiary/aromatic N) is 1. The summed E-state index contributed by atoms with van der Waals surface area (Å²) in [5.41, 5.74) is 11.2. The zero-order valence-corrected chi connectivity index (χ0v) is 20.5. The first-order valence-corrected chi connectivity index (χ1v) is 12.4. The zero-order valence-electron chi connectivity index (χ0n) is 19.7. The largest absolute Gasteiger partial charge is 0.309 e. The van der Waals surface area contributed by atoms with Crippen molar-refractivity contribution in [2.75, 3.05) is 0 Å². The van der Waals surface area contributed by atoms with E-state index in [1.807, 2.05) is 6.07 Å². The lowest BCUT2D eigenvalue weighted by Gasteiger charge is -2.24. The molecular weight excluding hydrogens is 446 g/mol. The van der Waals surface area contributed by atoms with Gasteiger partial charge in [-0.3, -0.25) is 0 Å². The molecule has 2 heteroatoms. The minimum absolute atomic E-state index is 0.162. The molecule has 0 saturated heterocycles. The molecule has 1 aliphatic carbocycles. The summed E-state index contributed by atoms with van der Waals surface area (Å²) in [6.45, 7) is 4.65. The first-order valence-electron chi connectivity index (χ1n) is 12.1. The molecule has 6 aromatic rings. The van der Waals surface area contributed by atoms with Gasteiger partial charge in [0.2, 0.25) is 0 Å². The van der Waals surface area contributed by atoms with Gasteiger partial charge in [0.15, 0.2) is 0 Å². The summed E-state index contributed by atoms with van der Waals surface area (Å²) in [5, 5.41) is 3.36. The molecule has 0 spiro atoms. The number of halogens is 1. The second-order valence-electron chi connectivity index (χ2n) is 9.96. The van der Waals surface area contributed by atoms with E-state index in [9.17, 15) is 0 Å². The van der Waals surface area contributed by atoms with E-state index in [-0.39, 0.29) is 5.41 Å². The van der Waals surface area contributed by atoms with Crippen LogP contribution in [0, 0.1) is 0 Å². The van der Waals surface area contributed by atoms with E-state index in [2.05, 4.69) is 122 Å². The van der Waals surface area contributed by atoms with Gasteiger partial charge in [-0.25, -0.2) is 0 Å². The van der Waals surface area contributed by atoms with Crippen LogP contribution in [0.4, 0.5) is 0 Å². The van der Waals surface area contributed by atoms with Gasteiger partial charge >= 0.3 is 0 Å². The van der Waals surface area contributed by atoms with Gasteiger partial charge < -0.3 is 4.57 Å². The number of hydrogen-bond acceptors (Lipinski definition) is 0.